The Morgan fingerprint density at radius 3 is 2.90 bits per heavy atom. The zero-order chi connectivity index (χ0) is 20.4. The molecule has 30 heavy (non-hydrogen) atoms. The number of carbonyl (C=O) groups excluding carboxylic acids is 1. The van der Waals surface area contributed by atoms with E-state index >= 15 is 0 Å². The van der Waals surface area contributed by atoms with Crippen LogP contribution in [0.5, 0.6) is 0 Å². The number of likely N-dealkylation sites (tertiary alicyclic amines) is 1. The van der Waals surface area contributed by atoms with Crippen LogP contribution in [0.25, 0.3) is 0 Å². The smallest absolute Gasteiger partial charge is 0.251 e. The molecule has 5 rings (SSSR count). The predicted molar refractivity (Wildman–Crippen MR) is 108 cm³/mol. The topological polar surface area (TPSA) is 85.4 Å². The molecule has 3 aromatic heterocycles. The number of nitrogens with one attached hydrogen (secondary N) is 1. The third-order valence-electron chi connectivity index (χ3n) is 5.99. The largest absolute Gasteiger partial charge is 0.472 e. The Labute approximate surface area is 174 Å². The van der Waals surface area contributed by atoms with Crippen molar-refractivity contribution in [2.75, 3.05) is 13.1 Å². The molecule has 5 heterocycles. The first-order valence-electron chi connectivity index (χ1n) is 10.3. The van der Waals surface area contributed by atoms with Crippen LogP contribution in [-0.2, 0) is 34.8 Å². The van der Waals surface area contributed by atoms with Crippen LogP contribution in [-0.4, -0.2) is 44.5 Å². The van der Waals surface area contributed by atoms with Gasteiger partial charge in [-0.2, -0.15) is 0 Å². The number of fused-ring (bicyclic) bond motifs is 2. The monoisotopic (exact) mass is 407 g/mol. The lowest BCUT2D eigenvalue weighted by Crippen LogP contribution is -2.53. The highest BCUT2D eigenvalue weighted by molar-refractivity contribution is 5.80. The van der Waals surface area contributed by atoms with E-state index in [1.165, 1.54) is 5.56 Å². The number of furan rings is 1. The summed E-state index contributed by atoms with van der Waals surface area (Å²) in [4.78, 5) is 24.0. The molecule has 3 aromatic rings. The molecule has 8 nitrogen and oxygen atoms in total. The molecule has 156 valence electrons. The molecule has 1 saturated heterocycles. The van der Waals surface area contributed by atoms with Crippen molar-refractivity contribution in [3.63, 3.8) is 0 Å². The van der Waals surface area contributed by atoms with Crippen LogP contribution in [0.1, 0.15) is 29.8 Å². The lowest BCUT2D eigenvalue weighted by Gasteiger charge is -2.45. The summed E-state index contributed by atoms with van der Waals surface area (Å²) in [6, 6.07) is 5.81. The van der Waals surface area contributed by atoms with Crippen molar-refractivity contribution in [3.8, 4) is 0 Å². The number of carbonyl (C=O) groups is 1. The SMILES string of the molecule is O=C(NCc1cccnc1)[C@H]1Cn2ccnc2C2(CCN(Cc3ccoc3)CC2)O1. The van der Waals surface area contributed by atoms with Crippen LogP contribution >= 0.6 is 0 Å². The summed E-state index contributed by atoms with van der Waals surface area (Å²) in [5.41, 5.74) is 1.61. The molecule has 2 aliphatic heterocycles. The summed E-state index contributed by atoms with van der Waals surface area (Å²) >= 11 is 0. The first kappa shape index (κ1) is 19.0. The fourth-order valence-electron chi connectivity index (χ4n) is 4.39. The first-order valence-corrected chi connectivity index (χ1v) is 10.3. The molecule has 0 unspecified atom stereocenters. The normalized spacial score (nSPS) is 20.7. The van der Waals surface area contributed by atoms with E-state index in [1.807, 2.05) is 24.4 Å². The van der Waals surface area contributed by atoms with E-state index < -0.39 is 11.7 Å². The molecule has 0 bridgehead atoms. The summed E-state index contributed by atoms with van der Waals surface area (Å²) in [5, 5.41) is 2.99. The second-order valence-corrected chi connectivity index (χ2v) is 7.99. The minimum atomic E-state index is -0.538. The number of hydrogen-bond acceptors (Lipinski definition) is 6. The molecule has 0 radical (unpaired) electrons. The highest BCUT2D eigenvalue weighted by Gasteiger charge is 2.47. The van der Waals surface area contributed by atoms with Crippen LogP contribution in [0.4, 0.5) is 0 Å². The highest BCUT2D eigenvalue weighted by atomic mass is 16.5. The number of imidazole rings is 1. The molecular weight excluding hydrogens is 382 g/mol. The van der Waals surface area contributed by atoms with Gasteiger partial charge in [0.25, 0.3) is 5.91 Å². The van der Waals surface area contributed by atoms with Crippen LogP contribution in [0.3, 0.4) is 0 Å². The Balaban J connectivity index is 1.27. The van der Waals surface area contributed by atoms with Crippen molar-refractivity contribution in [3.05, 3.63) is 72.5 Å². The Kier molecular flexibility index (Phi) is 5.10. The maximum Gasteiger partial charge on any atom is 0.251 e. The summed E-state index contributed by atoms with van der Waals surface area (Å²) in [5.74, 6) is 0.833. The third kappa shape index (κ3) is 3.76. The lowest BCUT2D eigenvalue weighted by atomic mass is 9.88. The Morgan fingerprint density at radius 2 is 2.13 bits per heavy atom. The van der Waals surface area contributed by atoms with Crippen molar-refractivity contribution in [2.45, 2.75) is 44.2 Å². The molecule has 1 amide bonds. The van der Waals surface area contributed by atoms with E-state index in [1.54, 1.807) is 31.1 Å². The molecule has 0 aromatic carbocycles. The van der Waals surface area contributed by atoms with Gasteiger partial charge in [0.1, 0.15) is 11.4 Å². The predicted octanol–water partition coefficient (Wildman–Crippen LogP) is 2.08. The molecule has 2 aliphatic rings. The fourth-order valence-corrected chi connectivity index (χ4v) is 4.39. The number of nitrogens with zero attached hydrogens (tertiary/aromatic N) is 4. The van der Waals surface area contributed by atoms with Crippen LogP contribution in [0.2, 0.25) is 0 Å². The second-order valence-electron chi connectivity index (χ2n) is 7.99. The molecular formula is C22H25N5O3. The van der Waals surface area contributed by atoms with Gasteiger partial charge in [0, 0.05) is 56.5 Å². The Hall–Kier alpha value is -2.97. The van der Waals surface area contributed by atoms with Gasteiger partial charge in [0.05, 0.1) is 19.1 Å². The molecule has 1 N–H and O–H groups in total. The standard InChI is InChI=1S/C22H25N5O3/c28-20(25-13-17-2-1-6-23-12-17)19-15-27-10-7-24-21(27)22(30-19)4-8-26(9-5-22)14-18-3-11-29-16-18/h1-3,6-7,10-12,16,19H,4-5,8-9,13-15H2,(H,25,28)/t19-/m1/s1. The van der Waals surface area contributed by atoms with E-state index in [0.717, 1.165) is 43.9 Å². The average molecular weight is 407 g/mol. The van der Waals surface area contributed by atoms with Crippen molar-refractivity contribution >= 4 is 5.91 Å². The summed E-state index contributed by atoms with van der Waals surface area (Å²) in [6.45, 7) is 3.53. The van der Waals surface area contributed by atoms with Gasteiger partial charge in [0.2, 0.25) is 0 Å². The minimum Gasteiger partial charge on any atom is -0.472 e. The number of amides is 1. The van der Waals surface area contributed by atoms with Gasteiger partial charge < -0.3 is 19.0 Å². The van der Waals surface area contributed by atoms with Gasteiger partial charge in [-0.25, -0.2) is 4.98 Å². The van der Waals surface area contributed by atoms with Crippen molar-refractivity contribution < 1.29 is 13.9 Å². The van der Waals surface area contributed by atoms with Gasteiger partial charge in [-0.05, 0) is 30.5 Å². The molecule has 1 spiro atoms. The average Bonchev–Trinajstić information content (AvgIpc) is 3.47. The zero-order valence-corrected chi connectivity index (χ0v) is 16.7. The van der Waals surface area contributed by atoms with Crippen molar-refractivity contribution in [1.82, 2.24) is 24.8 Å². The number of aromatic nitrogens is 3. The number of ether oxygens (including phenoxy) is 1. The van der Waals surface area contributed by atoms with E-state index in [-0.39, 0.29) is 5.91 Å². The molecule has 8 heteroatoms. The maximum absolute atomic E-state index is 12.9. The second kappa shape index (κ2) is 8.04. The third-order valence-corrected chi connectivity index (χ3v) is 5.99. The number of hydrogen-bond donors (Lipinski definition) is 1. The van der Waals surface area contributed by atoms with Crippen LogP contribution in [0, 0.1) is 0 Å². The van der Waals surface area contributed by atoms with Gasteiger partial charge in [-0.1, -0.05) is 6.07 Å². The Bertz CT molecular complexity index is 977. The molecule has 0 saturated carbocycles. The van der Waals surface area contributed by atoms with Crippen LogP contribution in [0.15, 0.2) is 59.9 Å². The first-order chi connectivity index (χ1) is 14.7. The number of pyridine rings is 1. The van der Waals surface area contributed by atoms with Crippen molar-refractivity contribution in [1.29, 1.82) is 0 Å². The van der Waals surface area contributed by atoms with Gasteiger partial charge >= 0.3 is 0 Å². The quantitative estimate of drug-likeness (QED) is 0.697. The summed E-state index contributed by atoms with van der Waals surface area (Å²) in [6.07, 6.45) is 11.8. The zero-order valence-electron chi connectivity index (χ0n) is 16.7. The Morgan fingerprint density at radius 1 is 1.23 bits per heavy atom. The fraction of sp³-hybridized carbons (Fsp3) is 0.409. The summed E-state index contributed by atoms with van der Waals surface area (Å²) in [7, 11) is 0. The van der Waals surface area contributed by atoms with Crippen LogP contribution < -0.4 is 5.32 Å². The van der Waals surface area contributed by atoms with Gasteiger partial charge in [0.15, 0.2) is 6.10 Å². The van der Waals surface area contributed by atoms with E-state index in [0.29, 0.717) is 13.1 Å². The molecule has 1 fully saturated rings. The van der Waals surface area contributed by atoms with Gasteiger partial charge in [-0.3, -0.25) is 14.7 Å². The van der Waals surface area contributed by atoms with E-state index in [9.17, 15) is 4.79 Å². The maximum atomic E-state index is 12.9. The lowest BCUT2D eigenvalue weighted by molar-refractivity contribution is -0.174. The minimum absolute atomic E-state index is 0.0987. The summed E-state index contributed by atoms with van der Waals surface area (Å²) < 4.78 is 13.7. The highest BCUT2D eigenvalue weighted by Crippen LogP contribution is 2.40. The number of rotatable bonds is 5. The molecule has 0 aliphatic carbocycles. The molecule has 1 atom stereocenters. The van der Waals surface area contributed by atoms with Gasteiger partial charge in [-0.15, -0.1) is 0 Å². The van der Waals surface area contributed by atoms with Crippen molar-refractivity contribution in [2.24, 2.45) is 0 Å². The number of piperidine rings is 1. The van der Waals surface area contributed by atoms with E-state index in [2.05, 4.69) is 24.8 Å². The van der Waals surface area contributed by atoms with E-state index in [4.69, 9.17) is 9.15 Å².